The number of benzene rings is 1. The van der Waals surface area contributed by atoms with E-state index in [0.717, 1.165) is 28.6 Å². The van der Waals surface area contributed by atoms with E-state index in [-0.39, 0.29) is 11.7 Å². The topological polar surface area (TPSA) is 88.2 Å². The van der Waals surface area contributed by atoms with Gasteiger partial charge in [0.25, 0.3) is 0 Å². The third kappa shape index (κ3) is 6.06. The maximum absolute atomic E-state index is 11.8. The molecule has 0 fully saturated rings. The highest BCUT2D eigenvalue weighted by atomic mass is 79.9. The molecule has 0 saturated carbocycles. The first-order valence-corrected chi connectivity index (χ1v) is 7.24. The molecule has 0 atom stereocenters. The molecular weight excluding hydrogens is 322 g/mol. The van der Waals surface area contributed by atoms with E-state index < -0.39 is 0 Å². The molecule has 6 heteroatoms. The standard InChI is InChI=1S/C14H20BrN3O2/c1-20-12-6-5-10(8-11(12)15)9-14(19)18-7-3-2-4-13(16)17/h5-6,8H,2-4,7,9H2,1H3,(H3,16,17)(H,18,19). The lowest BCUT2D eigenvalue weighted by Gasteiger charge is -2.07. The average Bonchev–Trinajstić information content (AvgIpc) is 2.38. The highest BCUT2D eigenvalue weighted by molar-refractivity contribution is 9.10. The second kappa shape index (κ2) is 8.58. The van der Waals surface area contributed by atoms with Crippen LogP contribution in [0.15, 0.2) is 22.7 Å². The van der Waals surface area contributed by atoms with Crippen LogP contribution in [0.2, 0.25) is 0 Å². The molecule has 20 heavy (non-hydrogen) atoms. The fraction of sp³-hybridized carbons (Fsp3) is 0.429. The minimum atomic E-state index is -0.00936. The van der Waals surface area contributed by atoms with Crippen LogP contribution in [0.5, 0.6) is 5.75 Å². The summed E-state index contributed by atoms with van der Waals surface area (Å²) in [5, 5.41) is 9.95. The molecule has 0 heterocycles. The Hall–Kier alpha value is -1.56. The molecule has 1 aromatic carbocycles. The zero-order valence-corrected chi connectivity index (χ0v) is 13.1. The smallest absolute Gasteiger partial charge is 0.224 e. The lowest BCUT2D eigenvalue weighted by molar-refractivity contribution is -0.120. The number of rotatable bonds is 8. The van der Waals surface area contributed by atoms with Gasteiger partial charge in [0.05, 0.1) is 23.8 Å². The fourth-order valence-corrected chi connectivity index (χ4v) is 2.32. The van der Waals surface area contributed by atoms with Crippen LogP contribution in [-0.4, -0.2) is 25.4 Å². The molecule has 0 aromatic heterocycles. The zero-order chi connectivity index (χ0) is 15.0. The van der Waals surface area contributed by atoms with Gasteiger partial charge in [-0.1, -0.05) is 6.07 Å². The van der Waals surface area contributed by atoms with E-state index in [9.17, 15) is 4.79 Å². The maximum Gasteiger partial charge on any atom is 0.224 e. The minimum Gasteiger partial charge on any atom is -0.496 e. The maximum atomic E-state index is 11.8. The third-order valence-electron chi connectivity index (χ3n) is 2.78. The number of methoxy groups -OCH3 is 1. The molecular formula is C14H20BrN3O2. The van der Waals surface area contributed by atoms with Gasteiger partial charge in [0, 0.05) is 13.0 Å². The van der Waals surface area contributed by atoms with Crippen LogP contribution in [0, 0.1) is 5.41 Å². The number of halogens is 1. The Morgan fingerprint density at radius 1 is 1.45 bits per heavy atom. The Morgan fingerprint density at radius 2 is 2.20 bits per heavy atom. The molecule has 0 aliphatic rings. The Kier molecular flexibility index (Phi) is 7.08. The van der Waals surface area contributed by atoms with Gasteiger partial charge in [0.2, 0.25) is 5.91 Å². The number of amides is 1. The van der Waals surface area contributed by atoms with Crippen LogP contribution in [0.3, 0.4) is 0 Å². The van der Waals surface area contributed by atoms with Crippen molar-refractivity contribution in [3.63, 3.8) is 0 Å². The molecule has 0 aliphatic heterocycles. The van der Waals surface area contributed by atoms with E-state index in [1.165, 1.54) is 0 Å². The third-order valence-corrected chi connectivity index (χ3v) is 3.40. The van der Waals surface area contributed by atoms with Crippen LogP contribution in [-0.2, 0) is 11.2 Å². The molecule has 0 aliphatic carbocycles. The average molecular weight is 342 g/mol. The summed E-state index contributed by atoms with van der Waals surface area (Å²) in [6, 6.07) is 5.59. The largest absolute Gasteiger partial charge is 0.496 e. The summed E-state index contributed by atoms with van der Waals surface area (Å²) in [7, 11) is 1.60. The van der Waals surface area contributed by atoms with Gasteiger partial charge in [-0.2, -0.15) is 0 Å². The first-order valence-electron chi connectivity index (χ1n) is 6.45. The number of nitrogens with two attached hydrogens (primary N) is 1. The number of hydrogen-bond acceptors (Lipinski definition) is 3. The van der Waals surface area contributed by atoms with E-state index in [1.54, 1.807) is 7.11 Å². The lowest BCUT2D eigenvalue weighted by atomic mass is 10.1. The van der Waals surface area contributed by atoms with Gasteiger partial charge in [-0.15, -0.1) is 0 Å². The van der Waals surface area contributed by atoms with Gasteiger partial charge in [-0.3, -0.25) is 10.2 Å². The van der Waals surface area contributed by atoms with Gasteiger partial charge < -0.3 is 15.8 Å². The number of amidine groups is 1. The monoisotopic (exact) mass is 341 g/mol. The van der Waals surface area contributed by atoms with Crippen molar-refractivity contribution in [3.8, 4) is 5.75 Å². The number of hydrogen-bond donors (Lipinski definition) is 3. The SMILES string of the molecule is COc1ccc(CC(=O)NCCCCC(=N)N)cc1Br. The van der Waals surface area contributed by atoms with Gasteiger partial charge in [-0.25, -0.2) is 0 Å². The van der Waals surface area contributed by atoms with Gasteiger partial charge >= 0.3 is 0 Å². The van der Waals surface area contributed by atoms with E-state index in [4.69, 9.17) is 15.9 Å². The lowest BCUT2D eigenvalue weighted by Crippen LogP contribution is -2.26. The van der Waals surface area contributed by atoms with Gasteiger partial charge in [0.1, 0.15) is 5.75 Å². The summed E-state index contributed by atoms with van der Waals surface area (Å²) < 4.78 is 5.98. The summed E-state index contributed by atoms with van der Waals surface area (Å²) in [4.78, 5) is 11.8. The van der Waals surface area contributed by atoms with Gasteiger partial charge in [-0.05, 0) is 46.5 Å². The molecule has 0 bridgehead atoms. The van der Waals surface area contributed by atoms with Gasteiger partial charge in [0.15, 0.2) is 0 Å². The van der Waals surface area contributed by atoms with E-state index >= 15 is 0 Å². The zero-order valence-electron chi connectivity index (χ0n) is 11.5. The van der Waals surface area contributed by atoms with Crippen molar-refractivity contribution < 1.29 is 9.53 Å². The number of ether oxygens (including phenoxy) is 1. The van der Waals surface area contributed by atoms with E-state index in [1.807, 2.05) is 18.2 Å². The second-order valence-electron chi connectivity index (χ2n) is 4.48. The normalized spacial score (nSPS) is 10.1. The second-order valence-corrected chi connectivity index (χ2v) is 5.33. The fourth-order valence-electron chi connectivity index (χ4n) is 1.74. The van der Waals surface area contributed by atoms with Crippen LogP contribution < -0.4 is 15.8 Å². The predicted octanol–water partition coefficient (Wildman–Crippen LogP) is 2.22. The number of unbranched alkanes of at least 4 members (excludes halogenated alkanes) is 1. The molecule has 1 aromatic rings. The minimum absolute atomic E-state index is 0.00936. The molecule has 5 nitrogen and oxygen atoms in total. The van der Waals surface area contributed by atoms with E-state index in [0.29, 0.717) is 19.4 Å². The Bertz CT molecular complexity index is 477. The molecule has 0 radical (unpaired) electrons. The summed E-state index contributed by atoms with van der Waals surface area (Å²) >= 11 is 3.40. The van der Waals surface area contributed by atoms with Crippen LogP contribution in [0.1, 0.15) is 24.8 Å². The molecule has 0 unspecified atom stereocenters. The molecule has 110 valence electrons. The predicted molar refractivity (Wildman–Crippen MR) is 83.2 cm³/mol. The number of nitrogens with one attached hydrogen (secondary N) is 2. The van der Waals surface area contributed by atoms with Crippen molar-refractivity contribution in [1.82, 2.24) is 5.32 Å². The molecule has 4 N–H and O–H groups in total. The van der Waals surface area contributed by atoms with Crippen molar-refractivity contribution in [3.05, 3.63) is 28.2 Å². The Balaban J connectivity index is 2.31. The highest BCUT2D eigenvalue weighted by Crippen LogP contribution is 2.25. The quantitative estimate of drug-likeness (QED) is 0.385. The number of carbonyl (C=O) groups is 1. The van der Waals surface area contributed by atoms with Crippen molar-refractivity contribution >= 4 is 27.7 Å². The van der Waals surface area contributed by atoms with Crippen LogP contribution in [0.25, 0.3) is 0 Å². The number of carbonyl (C=O) groups excluding carboxylic acids is 1. The first-order chi connectivity index (χ1) is 9.52. The van der Waals surface area contributed by atoms with Crippen LogP contribution in [0.4, 0.5) is 0 Å². The first kappa shape index (κ1) is 16.5. The summed E-state index contributed by atoms with van der Waals surface area (Å²) in [6.45, 7) is 0.615. The summed E-state index contributed by atoms with van der Waals surface area (Å²) in [5.74, 6) is 0.933. The summed E-state index contributed by atoms with van der Waals surface area (Å²) in [5.41, 5.74) is 6.19. The highest BCUT2D eigenvalue weighted by Gasteiger charge is 2.06. The Labute approximate surface area is 127 Å². The molecule has 0 spiro atoms. The molecule has 1 amide bonds. The van der Waals surface area contributed by atoms with Crippen molar-refractivity contribution in [2.75, 3.05) is 13.7 Å². The van der Waals surface area contributed by atoms with Crippen LogP contribution >= 0.6 is 15.9 Å². The summed E-state index contributed by atoms with van der Waals surface area (Å²) in [6.07, 6.45) is 2.58. The molecule has 1 rings (SSSR count). The molecule has 0 saturated heterocycles. The van der Waals surface area contributed by atoms with Crippen molar-refractivity contribution in [1.29, 1.82) is 5.41 Å². The van der Waals surface area contributed by atoms with Crippen molar-refractivity contribution in [2.24, 2.45) is 5.73 Å². The van der Waals surface area contributed by atoms with E-state index in [2.05, 4.69) is 21.2 Å². The Morgan fingerprint density at radius 3 is 2.80 bits per heavy atom. The van der Waals surface area contributed by atoms with Crippen molar-refractivity contribution in [2.45, 2.75) is 25.7 Å².